The van der Waals surface area contributed by atoms with Crippen molar-refractivity contribution in [2.75, 3.05) is 12.4 Å². The average molecular weight is 715 g/mol. The first-order valence-electron chi connectivity index (χ1n) is 17.0. The van der Waals surface area contributed by atoms with Crippen LogP contribution in [0.3, 0.4) is 0 Å². The summed E-state index contributed by atoms with van der Waals surface area (Å²) in [7, 11) is 1.49. The molecule has 0 spiro atoms. The summed E-state index contributed by atoms with van der Waals surface area (Å²) in [5.41, 5.74) is 17.1. The molecule has 0 aliphatic carbocycles. The minimum Gasteiger partial charge on any atom is -0.494 e. The number of hydrogen-bond donors (Lipinski definition) is 3. The van der Waals surface area contributed by atoms with Gasteiger partial charge in [0.15, 0.2) is 5.82 Å². The normalized spacial score (nSPS) is 11.7. The van der Waals surface area contributed by atoms with E-state index in [1.54, 1.807) is 45.8 Å². The van der Waals surface area contributed by atoms with Gasteiger partial charge in [0.25, 0.3) is 5.91 Å². The number of ether oxygens (including phenoxy) is 1. The maximum absolute atomic E-state index is 13.5. The van der Waals surface area contributed by atoms with E-state index in [-0.39, 0.29) is 18.1 Å². The van der Waals surface area contributed by atoms with Crippen LogP contribution in [0.25, 0.3) is 44.5 Å². The number of nitrogens with zero attached hydrogens (tertiary/aromatic N) is 9. The van der Waals surface area contributed by atoms with Gasteiger partial charge in [0, 0.05) is 54.3 Å². The van der Waals surface area contributed by atoms with Crippen LogP contribution >= 0.6 is 0 Å². The molecule has 0 saturated carbocycles. The Balaban J connectivity index is 1.29. The first-order chi connectivity index (χ1) is 25.5. The van der Waals surface area contributed by atoms with E-state index in [1.165, 1.54) is 7.11 Å². The van der Waals surface area contributed by atoms with Crippen LogP contribution in [0.5, 0.6) is 5.75 Å². The van der Waals surface area contributed by atoms with Crippen LogP contribution in [-0.2, 0) is 26.2 Å². The fourth-order valence-electron chi connectivity index (χ4n) is 6.59. The Morgan fingerprint density at radius 1 is 0.830 bits per heavy atom. The van der Waals surface area contributed by atoms with Crippen LogP contribution in [0.1, 0.15) is 56.4 Å². The maximum Gasteiger partial charge on any atom is 0.276 e. The molecule has 7 rings (SSSR count). The first kappa shape index (κ1) is 34.6. The van der Waals surface area contributed by atoms with Crippen molar-refractivity contribution in [2.45, 2.75) is 53.9 Å². The number of nitrogens with one attached hydrogen (secondary N) is 1. The Kier molecular flexibility index (Phi) is 8.95. The summed E-state index contributed by atoms with van der Waals surface area (Å²) in [4.78, 5) is 52.2. The van der Waals surface area contributed by atoms with Crippen molar-refractivity contribution in [3.05, 3.63) is 89.0 Å². The number of fused-ring (bicyclic) bond motifs is 4. The topological polar surface area (TPSA) is 209 Å². The molecular weight excluding hydrogens is 676 g/mol. The zero-order valence-electron chi connectivity index (χ0n) is 29.9. The molecule has 0 atom stereocenters. The second kappa shape index (κ2) is 13.7. The van der Waals surface area contributed by atoms with Crippen LogP contribution in [0, 0.1) is 13.8 Å². The molecule has 5 aromatic heterocycles. The predicted octanol–water partition coefficient (Wildman–Crippen LogP) is 4.37. The summed E-state index contributed by atoms with van der Waals surface area (Å²) >= 11 is 0. The molecule has 0 aliphatic rings. The molecule has 0 aliphatic heterocycles. The number of methoxy groups -OCH3 is 1. The quantitative estimate of drug-likeness (QED) is 0.153. The predicted molar refractivity (Wildman–Crippen MR) is 200 cm³/mol. The maximum atomic E-state index is 13.5. The summed E-state index contributed by atoms with van der Waals surface area (Å²) < 4.78 is 13.0. The molecule has 0 bridgehead atoms. The largest absolute Gasteiger partial charge is 0.494 e. The highest BCUT2D eigenvalue weighted by atomic mass is 16.5. The molecule has 16 heteroatoms. The summed E-state index contributed by atoms with van der Waals surface area (Å²) in [6.45, 7) is 9.48. The fourth-order valence-corrected chi connectivity index (χ4v) is 6.59. The third-order valence-electron chi connectivity index (χ3n) is 9.03. The van der Waals surface area contributed by atoms with Gasteiger partial charge in [0.1, 0.15) is 28.3 Å². The lowest BCUT2D eigenvalue weighted by molar-refractivity contribution is 0.0992. The number of primary amides is 2. The fraction of sp³-hybridized carbons (Fsp3) is 0.243. The van der Waals surface area contributed by atoms with Gasteiger partial charge in [-0.3, -0.25) is 29.1 Å². The molecule has 5 heterocycles. The van der Waals surface area contributed by atoms with Crippen molar-refractivity contribution in [1.82, 2.24) is 43.6 Å². The van der Waals surface area contributed by atoms with Gasteiger partial charge in [-0.2, -0.15) is 10.2 Å². The molecule has 0 radical (unpaired) electrons. The molecule has 3 amide bonds. The number of aromatic nitrogens is 9. The molecule has 0 unspecified atom stereocenters. The summed E-state index contributed by atoms with van der Waals surface area (Å²) in [6.07, 6.45) is 5.67. The van der Waals surface area contributed by atoms with Crippen LogP contribution < -0.4 is 21.5 Å². The Labute approximate surface area is 303 Å². The minimum atomic E-state index is -0.636. The molecule has 5 N–H and O–H groups in total. The van der Waals surface area contributed by atoms with Crippen molar-refractivity contribution in [2.24, 2.45) is 11.5 Å². The molecule has 16 nitrogen and oxygen atoms in total. The Morgan fingerprint density at radius 3 is 2.23 bits per heavy atom. The van der Waals surface area contributed by atoms with E-state index in [2.05, 4.69) is 20.5 Å². The second-order valence-corrected chi connectivity index (χ2v) is 12.5. The molecule has 270 valence electrons. The van der Waals surface area contributed by atoms with Crippen molar-refractivity contribution in [1.29, 1.82) is 0 Å². The van der Waals surface area contributed by atoms with Gasteiger partial charge in [0.2, 0.25) is 17.8 Å². The highest BCUT2D eigenvalue weighted by Gasteiger charge is 2.22. The van der Waals surface area contributed by atoms with Crippen LogP contribution in [0.4, 0.5) is 5.95 Å². The van der Waals surface area contributed by atoms with E-state index >= 15 is 0 Å². The summed E-state index contributed by atoms with van der Waals surface area (Å²) in [6, 6.07) is 12.1. The number of aryl methyl sites for hydroxylation is 4. The number of imidazole rings is 1. The van der Waals surface area contributed by atoms with Gasteiger partial charge in [-0.15, -0.1) is 0 Å². The van der Waals surface area contributed by atoms with Gasteiger partial charge in [-0.05, 0) is 70.2 Å². The average Bonchev–Trinajstić information content (AvgIpc) is 3.90. The van der Waals surface area contributed by atoms with E-state index in [9.17, 15) is 14.4 Å². The Hall–Kier alpha value is -6.84. The van der Waals surface area contributed by atoms with Gasteiger partial charge < -0.3 is 25.3 Å². The van der Waals surface area contributed by atoms with Crippen molar-refractivity contribution in [3.8, 4) is 17.3 Å². The van der Waals surface area contributed by atoms with Gasteiger partial charge >= 0.3 is 0 Å². The number of anilines is 1. The van der Waals surface area contributed by atoms with Crippen LogP contribution in [0.15, 0.2) is 60.8 Å². The number of amides is 3. The molecular formula is C37H38N12O4. The van der Waals surface area contributed by atoms with E-state index in [4.69, 9.17) is 26.2 Å². The number of allylic oxidation sites excluding steroid dienone is 2. The summed E-state index contributed by atoms with van der Waals surface area (Å²) in [5.74, 6) is -0.426. The molecule has 53 heavy (non-hydrogen) atoms. The van der Waals surface area contributed by atoms with E-state index in [1.807, 2.05) is 61.2 Å². The smallest absolute Gasteiger partial charge is 0.276 e. The van der Waals surface area contributed by atoms with Gasteiger partial charge in [-0.25, -0.2) is 15.0 Å². The monoisotopic (exact) mass is 714 g/mol. The zero-order valence-corrected chi connectivity index (χ0v) is 29.9. The number of carbonyl (C=O) groups excluding carboxylic acids is 3. The second-order valence-electron chi connectivity index (χ2n) is 12.5. The summed E-state index contributed by atoms with van der Waals surface area (Å²) in [5, 5.41) is 13.4. The first-order valence-corrected chi connectivity index (χ1v) is 17.0. The van der Waals surface area contributed by atoms with E-state index in [0.717, 1.165) is 27.7 Å². The number of carbonyl (C=O) groups is 3. The van der Waals surface area contributed by atoms with Gasteiger partial charge in [-0.1, -0.05) is 12.2 Å². The standard InChI is InChI=1S/C37H38N12O4/c1-6-48-28(14-20(3)44-48)34-40-19-25-24-16-22(32(38)50)10-11-27(24)46(35(25)42-34)12-8-9-13-47-31-26(17-23(33(39)51)18-30(31)53-5)41-37(47)43-36(52)29-15-21(4)45-49(29)7-2/h8-11,14-19H,6-7,12-13H2,1-5H3,(H2,38,50)(H2,39,51)(H,41,43,52)/b9-8+. The van der Waals surface area contributed by atoms with Crippen LogP contribution in [-0.4, -0.2) is 68.5 Å². The molecule has 0 saturated heterocycles. The third-order valence-corrected chi connectivity index (χ3v) is 9.03. The lowest BCUT2D eigenvalue weighted by Crippen LogP contribution is -2.20. The highest BCUT2D eigenvalue weighted by Crippen LogP contribution is 2.32. The zero-order chi connectivity index (χ0) is 37.6. The lowest BCUT2D eigenvalue weighted by Gasteiger charge is -2.11. The van der Waals surface area contributed by atoms with Crippen molar-refractivity contribution >= 4 is 56.6 Å². The third kappa shape index (κ3) is 6.23. The Bertz CT molecular complexity index is 2620. The Morgan fingerprint density at radius 2 is 1.53 bits per heavy atom. The number of hydrogen-bond acceptors (Lipinski definition) is 9. The number of nitrogens with two attached hydrogens (primary N) is 2. The van der Waals surface area contributed by atoms with Crippen molar-refractivity contribution in [3.63, 3.8) is 0 Å². The minimum absolute atomic E-state index is 0.219. The highest BCUT2D eigenvalue weighted by molar-refractivity contribution is 6.09. The van der Waals surface area contributed by atoms with E-state index < -0.39 is 17.7 Å². The van der Waals surface area contributed by atoms with Crippen LogP contribution in [0.2, 0.25) is 0 Å². The van der Waals surface area contributed by atoms with Gasteiger partial charge in [0.05, 0.1) is 29.5 Å². The molecule has 0 fully saturated rings. The number of benzene rings is 2. The molecule has 7 aromatic rings. The number of rotatable bonds is 12. The lowest BCUT2D eigenvalue weighted by atomic mass is 10.1. The molecule has 2 aromatic carbocycles. The SMILES string of the molecule is CCn1nc(C)cc1C(=O)Nc1nc2cc(C(N)=O)cc(OC)c2n1C/C=C/Cn1c2ccc(C(N)=O)cc2c2cnc(-c3cc(C)nn3CC)nc21. The van der Waals surface area contributed by atoms with Crippen molar-refractivity contribution < 1.29 is 19.1 Å². The van der Waals surface area contributed by atoms with E-state index in [0.29, 0.717) is 64.8 Å².